The first-order valence-electron chi connectivity index (χ1n) is 8.06. The fourth-order valence-electron chi connectivity index (χ4n) is 3.47. The number of aryl methyl sites for hydroxylation is 1. The number of esters is 1. The van der Waals surface area contributed by atoms with Crippen molar-refractivity contribution >= 4 is 16.9 Å². The lowest BCUT2D eigenvalue weighted by Crippen LogP contribution is -2.31. The van der Waals surface area contributed by atoms with Gasteiger partial charge in [0.05, 0.1) is 24.6 Å². The van der Waals surface area contributed by atoms with E-state index in [0.717, 1.165) is 16.5 Å². The van der Waals surface area contributed by atoms with Crippen LogP contribution < -0.4 is 15.0 Å². The molecular weight excluding hydrogens is 318 g/mol. The summed E-state index contributed by atoms with van der Waals surface area (Å²) in [4.78, 5) is 25.3. The molecule has 0 spiro atoms. The Bertz CT molecular complexity index is 1050. The molecule has 126 valence electrons. The van der Waals surface area contributed by atoms with Crippen molar-refractivity contribution in [2.45, 2.75) is 12.3 Å². The maximum absolute atomic E-state index is 13.0. The van der Waals surface area contributed by atoms with Gasteiger partial charge in [-0.25, -0.2) is 0 Å². The maximum atomic E-state index is 13.0. The van der Waals surface area contributed by atoms with Crippen LogP contribution in [0.5, 0.6) is 11.5 Å². The third-order valence-corrected chi connectivity index (χ3v) is 4.72. The fraction of sp³-hybridized carbons (Fsp3) is 0.200. The summed E-state index contributed by atoms with van der Waals surface area (Å²) in [5.74, 6) is 0.381. The molecule has 0 unspecified atom stereocenters. The van der Waals surface area contributed by atoms with Gasteiger partial charge < -0.3 is 14.0 Å². The van der Waals surface area contributed by atoms with Gasteiger partial charge in [-0.15, -0.1) is 0 Å². The molecule has 0 N–H and O–H groups in total. The zero-order valence-electron chi connectivity index (χ0n) is 14.0. The van der Waals surface area contributed by atoms with Gasteiger partial charge in [0.2, 0.25) is 0 Å². The van der Waals surface area contributed by atoms with Gasteiger partial charge in [-0.05, 0) is 29.8 Å². The van der Waals surface area contributed by atoms with Crippen molar-refractivity contribution in [1.82, 2.24) is 4.57 Å². The van der Waals surface area contributed by atoms with Crippen LogP contribution in [-0.2, 0) is 11.8 Å². The number of rotatable bonds is 2. The highest BCUT2D eigenvalue weighted by atomic mass is 16.5. The van der Waals surface area contributed by atoms with Crippen molar-refractivity contribution in [2.75, 3.05) is 7.11 Å². The molecule has 0 saturated heterocycles. The van der Waals surface area contributed by atoms with E-state index in [-0.39, 0.29) is 23.9 Å². The summed E-state index contributed by atoms with van der Waals surface area (Å²) < 4.78 is 12.4. The maximum Gasteiger partial charge on any atom is 0.312 e. The monoisotopic (exact) mass is 335 g/mol. The first-order valence-corrected chi connectivity index (χ1v) is 8.06. The number of para-hydroxylation sites is 1. The number of ether oxygens (including phenoxy) is 2. The van der Waals surface area contributed by atoms with Gasteiger partial charge in [0.25, 0.3) is 5.56 Å². The van der Waals surface area contributed by atoms with E-state index in [4.69, 9.17) is 9.47 Å². The van der Waals surface area contributed by atoms with Crippen LogP contribution in [0.2, 0.25) is 0 Å². The van der Waals surface area contributed by atoms with Crippen molar-refractivity contribution < 1.29 is 14.3 Å². The number of benzene rings is 2. The summed E-state index contributed by atoms with van der Waals surface area (Å²) >= 11 is 0. The molecule has 1 atom stereocenters. The predicted molar refractivity (Wildman–Crippen MR) is 94.3 cm³/mol. The average Bonchev–Trinajstić information content (AvgIpc) is 2.65. The minimum Gasteiger partial charge on any atom is -0.497 e. The number of hydrogen-bond acceptors (Lipinski definition) is 4. The van der Waals surface area contributed by atoms with Crippen LogP contribution in [0.25, 0.3) is 10.9 Å². The standard InChI is InChI=1S/C20H17NO4/c1-21-16-9-4-3-8-14(16)19-18(20(21)23)15(11-17(22)25-19)12-6-5-7-13(10-12)24-2/h3-10,15H,11H2,1-2H3/t15-/m0/s1. The summed E-state index contributed by atoms with van der Waals surface area (Å²) in [6, 6.07) is 14.9. The normalized spacial score (nSPS) is 16.4. The number of fused-ring (bicyclic) bond motifs is 3. The molecule has 0 aliphatic carbocycles. The van der Waals surface area contributed by atoms with E-state index in [1.807, 2.05) is 48.5 Å². The minimum atomic E-state index is -0.352. The number of aromatic nitrogens is 1. The summed E-state index contributed by atoms with van der Waals surface area (Å²) in [7, 11) is 3.33. The second-order valence-corrected chi connectivity index (χ2v) is 6.13. The van der Waals surface area contributed by atoms with E-state index >= 15 is 0 Å². The lowest BCUT2D eigenvalue weighted by molar-refractivity contribution is -0.135. The van der Waals surface area contributed by atoms with E-state index in [9.17, 15) is 9.59 Å². The summed E-state index contributed by atoms with van der Waals surface area (Å²) in [5.41, 5.74) is 1.98. The molecule has 2 heterocycles. The quantitative estimate of drug-likeness (QED) is 0.676. The van der Waals surface area contributed by atoms with E-state index in [0.29, 0.717) is 17.1 Å². The van der Waals surface area contributed by atoms with E-state index < -0.39 is 0 Å². The van der Waals surface area contributed by atoms with Gasteiger partial charge in [-0.3, -0.25) is 9.59 Å². The fourth-order valence-corrected chi connectivity index (χ4v) is 3.47. The van der Waals surface area contributed by atoms with Crippen LogP contribution in [0.3, 0.4) is 0 Å². The van der Waals surface area contributed by atoms with Gasteiger partial charge in [-0.2, -0.15) is 0 Å². The van der Waals surface area contributed by atoms with Crippen molar-refractivity contribution in [3.8, 4) is 11.5 Å². The Morgan fingerprint density at radius 1 is 1.12 bits per heavy atom. The molecule has 25 heavy (non-hydrogen) atoms. The molecule has 0 radical (unpaired) electrons. The summed E-state index contributed by atoms with van der Waals surface area (Å²) in [6.45, 7) is 0. The molecular formula is C20H17NO4. The van der Waals surface area contributed by atoms with Crippen LogP contribution in [-0.4, -0.2) is 17.6 Å². The number of carbonyl (C=O) groups excluding carboxylic acids is 1. The number of nitrogens with zero attached hydrogens (tertiary/aromatic N) is 1. The zero-order valence-corrected chi connectivity index (χ0v) is 14.0. The molecule has 4 rings (SSSR count). The van der Waals surface area contributed by atoms with Gasteiger partial charge in [0, 0.05) is 18.4 Å². The van der Waals surface area contributed by atoms with E-state index in [1.165, 1.54) is 0 Å². The third kappa shape index (κ3) is 2.39. The van der Waals surface area contributed by atoms with Crippen LogP contribution >= 0.6 is 0 Å². The summed E-state index contributed by atoms with van der Waals surface area (Å²) in [6.07, 6.45) is 0.133. The minimum absolute atomic E-state index is 0.133. The molecule has 5 heteroatoms. The SMILES string of the molecule is COc1cccc([C@@H]2CC(=O)Oc3c2c(=O)n(C)c2ccccc32)c1. The number of hydrogen-bond donors (Lipinski definition) is 0. The van der Waals surface area contributed by atoms with Crippen molar-refractivity contribution in [3.05, 3.63) is 70.0 Å². The van der Waals surface area contributed by atoms with Crippen LogP contribution in [0.15, 0.2) is 53.3 Å². The Kier molecular flexibility index (Phi) is 3.57. The Balaban J connectivity index is 2.03. The first-order chi connectivity index (χ1) is 12.1. The molecule has 0 saturated carbocycles. The Labute approximate surface area is 144 Å². The highest BCUT2D eigenvalue weighted by Crippen LogP contribution is 2.40. The third-order valence-electron chi connectivity index (χ3n) is 4.72. The Morgan fingerprint density at radius 3 is 2.72 bits per heavy atom. The lowest BCUT2D eigenvalue weighted by Gasteiger charge is -2.26. The highest BCUT2D eigenvalue weighted by Gasteiger charge is 2.33. The van der Waals surface area contributed by atoms with Gasteiger partial charge >= 0.3 is 5.97 Å². The lowest BCUT2D eigenvalue weighted by atomic mass is 9.86. The largest absolute Gasteiger partial charge is 0.497 e. The molecule has 1 aliphatic rings. The number of methoxy groups -OCH3 is 1. The molecule has 0 amide bonds. The average molecular weight is 335 g/mol. The Morgan fingerprint density at radius 2 is 1.92 bits per heavy atom. The van der Waals surface area contributed by atoms with Crippen molar-refractivity contribution in [2.24, 2.45) is 7.05 Å². The van der Waals surface area contributed by atoms with Crippen molar-refractivity contribution in [1.29, 1.82) is 0 Å². The number of pyridine rings is 1. The Hall–Kier alpha value is -3.08. The topological polar surface area (TPSA) is 57.5 Å². The molecule has 3 aromatic rings. The molecule has 1 aliphatic heterocycles. The van der Waals surface area contributed by atoms with Crippen LogP contribution in [0.1, 0.15) is 23.5 Å². The van der Waals surface area contributed by atoms with Gasteiger partial charge in [0.1, 0.15) is 11.5 Å². The van der Waals surface area contributed by atoms with Gasteiger partial charge in [-0.1, -0.05) is 24.3 Å². The highest BCUT2D eigenvalue weighted by molar-refractivity contribution is 5.91. The number of carbonyl (C=O) groups is 1. The van der Waals surface area contributed by atoms with Gasteiger partial charge in [0.15, 0.2) is 0 Å². The molecule has 0 fully saturated rings. The second kappa shape index (κ2) is 5.77. The predicted octanol–water partition coefficient (Wildman–Crippen LogP) is 2.99. The van der Waals surface area contributed by atoms with Crippen LogP contribution in [0.4, 0.5) is 0 Å². The van der Waals surface area contributed by atoms with E-state index in [1.54, 1.807) is 18.7 Å². The first kappa shape index (κ1) is 15.4. The molecule has 1 aromatic heterocycles. The summed E-state index contributed by atoms with van der Waals surface area (Å²) in [5, 5.41) is 0.764. The molecule has 5 nitrogen and oxygen atoms in total. The molecule has 0 bridgehead atoms. The van der Waals surface area contributed by atoms with Crippen LogP contribution in [0, 0.1) is 0 Å². The van der Waals surface area contributed by atoms with Crippen molar-refractivity contribution in [3.63, 3.8) is 0 Å². The van der Waals surface area contributed by atoms with E-state index in [2.05, 4.69) is 0 Å². The smallest absolute Gasteiger partial charge is 0.312 e. The molecule has 2 aromatic carbocycles. The second-order valence-electron chi connectivity index (χ2n) is 6.13. The zero-order chi connectivity index (χ0) is 17.6.